The molecule has 0 bridgehead atoms. The third-order valence-electron chi connectivity index (χ3n) is 3.95. The van der Waals surface area contributed by atoms with E-state index in [1.165, 1.54) is 36.4 Å². The number of nitro benzene ring substituents is 1. The van der Waals surface area contributed by atoms with Crippen molar-refractivity contribution in [2.24, 2.45) is 0 Å². The second kappa shape index (κ2) is 9.20. The van der Waals surface area contributed by atoms with Gasteiger partial charge in [-0.2, -0.15) is 13.2 Å². The quantitative estimate of drug-likeness (QED) is 0.520. The first kappa shape index (κ1) is 21.2. The van der Waals surface area contributed by atoms with Gasteiger partial charge >= 0.3 is 11.9 Å². The van der Waals surface area contributed by atoms with Crippen LogP contribution in [0, 0.1) is 10.1 Å². The molecule has 0 saturated carbocycles. The van der Waals surface area contributed by atoms with E-state index in [2.05, 4.69) is 5.32 Å². The topological polar surface area (TPSA) is 81.5 Å². The lowest BCUT2D eigenvalue weighted by Gasteiger charge is -2.20. The zero-order chi connectivity index (χ0) is 20.7. The van der Waals surface area contributed by atoms with E-state index in [0.717, 1.165) is 12.1 Å². The van der Waals surface area contributed by atoms with Gasteiger partial charge in [-0.05, 0) is 30.2 Å². The number of nitrogens with one attached hydrogen (secondary N) is 1. The van der Waals surface area contributed by atoms with Crippen molar-refractivity contribution in [1.82, 2.24) is 5.32 Å². The maximum Gasteiger partial charge on any atom is 0.416 e. The molecule has 0 aromatic heterocycles. The van der Waals surface area contributed by atoms with Gasteiger partial charge in [-0.3, -0.25) is 14.9 Å². The van der Waals surface area contributed by atoms with Crippen molar-refractivity contribution in [2.75, 3.05) is 6.61 Å². The summed E-state index contributed by atoms with van der Waals surface area (Å²) < 4.78 is 44.0. The van der Waals surface area contributed by atoms with Gasteiger partial charge in [-0.15, -0.1) is 0 Å². The summed E-state index contributed by atoms with van der Waals surface area (Å²) in [5, 5.41) is 13.6. The Bertz CT molecular complexity index is 840. The van der Waals surface area contributed by atoms with Crippen molar-refractivity contribution in [2.45, 2.75) is 32.0 Å². The number of nitrogens with zero attached hydrogens (tertiary/aromatic N) is 1. The highest BCUT2D eigenvalue weighted by Gasteiger charge is 2.31. The van der Waals surface area contributed by atoms with E-state index in [9.17, 15) is 28.1 Å². The zero-order valence-corrected chi connectivity index (χ0v) is 15.0. The Balaban J connectivity index is 2.08. The SMILES string of the molecule is CCCC(NC(=O)COc1ccccc1[N+](=O)[O-])c1cccc(C(F)(F)F)c1. The Morgan fingerprint density at radius 3 is 2.57 bits per heavy atom. The van der Waals surface area contributed by atoms with E-state index in [0.29, 0.717) is 18.4 Å². The minimum atomic E-state index is -4.48. The summed E-state index contributed by atoms with van der Waals surface area (Å²) >= 11 is 0. The monoisotopic (exact) mass is 396 g/mol. The third kappa shape index (κ3) is 5.70. The summed E-state index contributed by atoms with van der Waals surface area (Å²) in [6, 6.07) is 9.75. The fourth-order valence-corrected chi connectivity index (χ4v) is 2.65. The summed E-state index contributed by atoms with van der Waals surface area (Å²) in [7, 11) is 0. The largest absolute Gasteiger partial charge is 0.477 e. The summed E-state index contributed by atoms with van der Waals surface area (Å²) in [5.41, 5.74) is -0.745. The Morgan fingerprint density at radius 1 is 1.21 bits per heavy atom. The van der Waals surface area contributed by atoms with Crippen LogP contribution in [0.15, 0.2) is 48.5 Å². The molecular formula is C19H19F3N2O4. The van der Waals surface area contributed by atoms with Crippen LogP contribution in [0.2, 0.25) is 0 Å². The van der Waals surface area contributed by atoms with Gasteiger partial charge in [0.05, 0.1) is 16.5 Å². The molecule has 0 aliphatic carbocycles. The standard InChI is InChI=1S/C19H19F3N2O4/c1-2-6-15(13-7-5-8-14(11-13)19(20,21)22)23-18(25)12-28-17-10-4-3-9-16(17)24(26)27/h3-5,7-11,15H,2,6,12H2,1H3,(H,23,25). The Kier molecular flexibility index (Phi) is 6.97. The summed E-state index contributed by atoms with van der Waals surface area (Å²) in [4.78, 5) is 22.5. The maximum absolute atomic E-state index is 12.9. The number of nitro groups is 1. The molecule has 0 radical (unpaired) electrons. The fraction of sp³-hybridized carbons (Fsp3) is 0.316. The third-order valence-corrected chi connectivity index (χ3v) is 3.95. The minimum absolute atomic E-state index is 0.0613. The van der Waals surface area contributed by atoms with Crippen molar-refractivity contribution in [3.05, 3.63) is 69.8 Å². The smallest absolute Gasteiger partial charge is 0.416 e. The molecule has 150 valence electrons. The van der Waals surface area contributed by atoms with Crippen LogP contribution in [0.1, 0.15) is 36.9 Å². The van der Waals surface area contributed by atoms with E-state index < -0.39 is 35.2 Å². The molecule has 0 saturated heterocycles. The number of carbonyl (C=O) groups excluding carboxylic acids is 1. The van der Waals surface area contributed by atoms with Crippen LogP contribution in [-0.2, 0) is 11.0 Å². The van der Waals surface area contributed by atoms with Gasteiger partial charge in [-0.25, -0.2) is 0 Å². The lowest BCUT2D eigenvalue weighted by Crippen LogP contribution is -2.32. The van der Waals surface area contributed by atoms with Gasteiger partial charge in [0.1, 0.15) is 0 Å². The highest BCUT2D eigenvalue weighted by atomic mass is 19.4. The number of halogens is 3. The molecule has 1 N–H and O–H groups in total. The molecule has 9 heteroatoms. The van der Waals surface area contributed by atoms with Crippen molar-refractivity contribution in [3.8, 4) is 5.75 Å². The van der Waals surface area contributed by atoms with E-state index in [1.807, 2.05) is 6.92 Å². The average molecular weight is 396 g/mol. The van der Waals surface area contributed by atoms with Crippen molar-refractivity contribution in [3.63, 3.8) is 0 Å². The summed E-state index contributed by atoms with van der Waals surface area (Å²) in [5.74, 6) is -0.650. The van der Waals surface area contributed by atoms with E-state index in [4.69, 9.17) is 4.74 Å². The molecule has 0 heterocycles. The van der Waals surface area contributed by atoms with Crippen LogP contribution in [0.3, 0.4) is 0 Å². The molecule has 0 aliphatic rings. The van der Waals surface area contributed by atoms with Gasteiger partial charge in [-0.1, -0.05) is 37.6 Å². The highest BCUT2D eigenvalue weighted by molar-refractivity contribution is 5.78. The fourth-order valence-electron chi connectivity index (χ4n) is 2.65. The molecule has 0 spiro atoms. The van der Waals surface area contributed by atoms with Gasteiger partial charge in [0.15, 0.2) is 12.4 Å². The molecule has 0 aliphatic heterocycles. The molecule has 2 aromatic rings. The lowest BCUT2D eigenvalue weighted by atomic mass is 10.00. The van der Waals surface area contributed by atoms with Crippen LogP contribution in [0.4, 0.5) is 18.9 Å². The first-order chi connectivity index (χ1) is 13.2. The molecule has 2 rings (SSSR count). The molecule has 0 fully saturated rings. The number of rotatable bonds is 8. The normalized spacial score (nSPS) is 12.3. The lowest BCUT2D eigenvalue weighted by molar-refractivity contribution is -0.385. The second-order valence-electron chi connectivity index (χ2n) is 6.05. The zero-order valence-electron chi connectivity index (χ0n) is 15.0. The summed E-state index contributed by atoms with van der Waals surface area (Å²) in [6.45, 7) is 1.35. The van der Waals surface area contributed by atoms with Gasteiger partial charge in [0.2, 0.25) is 0 Å². The van der Waals surface area contributed by atoms with Crippen LogP contribution < -0.4 is 10.1 Å². The predicted molar refractivity (Wildman–Crippen MR) is 95.8 cm³/mol. The van der Waals surface area contributed by atoms with E-state index >= 15 is 0 Å². The number of carbonyl (C=O) groups is 1. The Morgan fingerprint density at radius 2 is 1.93 bits per heavy atom. The predicted octanol–water partition coefficient (Wildman–Crippen LogP) is 4.65. The molecule has 2 aromatic carbocycles. The second-order valence-corrected chi connectivity index (χ2v) is 6.05. The molecule has 1 unspecified atom stereocenters. The van der Waals surface area contributed by atoms with Crippen LogP contribution >= 0.6 is 0 Å². The Hall–Kier alpha value is -3.10. The van der Waals surface area contributed by atoms with Crippen LogP contribution in [-0.4, -0.2) is 17.4 Å². The van der Waals surface area contributed by atoms with Crippen molar-refractivity contribution in [1.29, 1.82) is 0 Å². The van der Waals surface area contributed by atoms with Gasteiger partial charge in [0.25, 0.3) is 5.91 Å². The van der Waals surface area contributed by atoms with Crippen LogP contribution in [0.5, 0.6) is 5.75 Å². The summed E-state index contributed by atoms with van der Waals surface area (Å²) in [6.07, 6.45) is -3.42. The first-order valence-electron chi connectivity index (χ1n) is 8.55. The first-order valence-corrected chi connectivity index (χ1v) is 8.55. The van der Waals surface area contributed by atoms with E-state index in [-0.39, 0.29) is 11.4 Å². The minimum Gasteiger partial charge on any atom is -0.477 e. The van der Waals surface area contributed by atoms with Gasteiger partial charge in [0, 0.05) is 6.07 Å². The highest BCUT2D eigenvalue weighted by Crippen LogP contribution is 2.31. The number of hydrogen-bond acceptors (Lipinski definition) is 4. The van der Waals surface area contributed by atoms with Crippen LogP contribution in [0.25, 0.3) is 0 Å². The number of ether oxygens (including phenoxy) is 1. The maximum atomic E-state index is 12.9. The number of para-hydroxylation sites is 2. The molecule has 28 heavy (non-hydrogen) atoms. The molecule has 1 amide bonds. The number of hydrogen-bond donors (Lipinski definition) is 1. The number of benzene rings is 2. The molecule has 6 nitrogen and oxygen atoms in total. The van der Waals surface area contributed by atoms with Gasteiger partial charge < -0.3 is 10.1 Å². The van der Waals surface area contributed by atoms with E-state index in [1.54, 1.807) is 0 Å². The Labute approximate surface area is 159 Å². The van der Waals surface area contributed by atoms with Crippen molar-refractivity contribution < 1.29 is 27.6 Å². The average Bonchev–Trinajstić information content (AvgIpc) is 2.65. The molecule has 1 atom stereocenters. The number of alkyl halides is 3. The van der Waals surface area contributed by atoms with Crippen molar-refractivity contribution >= 4 is 11.6 Å². The number of amides is 1. The molecular weight excluding hydrogens is 377 g/mol.